The molecule has 6 nitrogen and oxygen atoms in total. The normalized spacial score (nSPS) is 13.7. The number of aliphatic carboxylic acids is 1. The van der Waals surface area contributed by atoms with E-state index in [9.17, 15) is 14.4 Å². The predicted molar refractivity (Wildman–Crippen MR) is 61.7 cm³/mol. The van der Waals surface area contributed by atoms with Gasteiger partial charge in [-0.2, -0.15) is 0 Å². The van der Waals surface area contributed by atoms with Crippen molar-refractivity contribution in [3.05, 3.63) is 35.9 Å². The van der Waals surface area contributed by atoms with Crippen LogP contribution in [0.5, 0.6) is 5.75 Å². The van der Waals surface area contributed by atoms with Gasteiger partial charge < -0.3 is 15.2 Å². The highest BCUT2D eigenvalue weighted by Crippen LogP contribution is 2.28. The van der Waals surface area contributed by atoms with E-state index < -0.39 is 11.8 Å². The van der Waals surface area contributed by atoms with Gasteiger partial charge in [-0.1, -0.05) is 0 Å². The van der Waals surface area contributed by atoms with Crippen LogP contribution in [0.15, 0.2) is 30.4 Å². The fraction of sp³-hybridized carbons (Fsp3) is 0.0833. The number of allylic oxidation sites excluding steroid dienone is 1. The van der Waals surface area contributed by atoms with Crippen LogP contribution in [0, 0.1) is 0 Å². The lowest BCUT2D eigenvalue weighted by Crippen LogP contribution is -2.25. The molecule has 2 N–H and O–H groups in total. The molecule has 1 aromatic rings. The molecule has 1 aromatic carbocycles. The van der Waals surface area contributed by atoms with Crippen molar-refractivity contribution in [2.45, 2.75) is 0 Å². The van der Waals surface area contributed by atoms with Crippen molar-refractivity contribution in [1.29, 1.82) is 0 Å². The molecule has 6 heteroatoms. The summed E-state index contributed by atoms with van der Waals surface area (Å²) in [7, 11) is 0. The van der Waals surface area contributed by atoms with Crippen LogP contribution in [0.1, 0.15) is 10.4 Å². The second-order valence-electron chi connectivity index (χ2n) is 3.58. The first-order chi connectivity index (χ1) is 8.56. The quantitative estimate of drug-likeness (QED) is 0.610. The van der Waals surface area contributed by atoms with Crippen molar-refractivity contribution in [2.75, 3.05) is 11.9 Å². The van der Waals surface area contributed by atoms with Crippen LogP contribution in [0.25, 0.3) is 0 Å². The number of rotatable bonds is 3. The van der Waals surface area contributed by atoms with E-state index in [-0.39, 0.29) is 18.1 Å². The Labute approximate surface area is 102 Å². The molecule has 0 unspecified atom stereocenters. The molecule has 1 aliphatic rings. The summed E-state index contributed by atoms with van der Waals surface area (Å²) in [4.78, 5) is 33.0. The van der Waals surface area contributed by atoms with Gasteiger partial charge in [0.1, 0.15) is 5.75 Å². The van der Waals surface area contributed by atoms with Crippen LogP contribution in [0.4, 0.5) is 5.69 Å². The highest BCUT2D eigenvalue weighted by atomic mass is 16.5. The Kier molecular flexibility index (Phi) is 3.09. The first-order valence-corrected chi connectivity index (χ1v) is 5.08. The molecule has 0 spiro atoms. The number of benzene rings is 1. The van der Waals surface area contributed by atoms with Gasteiger partial charge in [-0.25, -0.2) is 4.79 Å². The average Bonchev–Trinajstić information content (AvgIpc) is 2.34. The summed E-state index contributed by atoms with van der Waals surface area (Å²) in [5.41, 5.74) is 0.679. The Bertz CT molecular complexity index is 562. The van der Waals surface area contributed by atoms with Crippen LogP contribution < -0.4 is 10.1 Å². The molecule has 0 atom stereocenters. The molecule has 0 fully saturated rings. The number of carboxylic acids is 1. The van der Waals surface area contributed by atoms with Crippen LogP contribution in [0.3, 0.4) is 0 Å². The van der Waals surface area contributed by atoms with E-state index in [1.165, 1.54) is 12.1 Å². The fourth-order valence-corrected chi connectivity index (χ4v) is 1.48. The third-order valence-electron chi connectivity index (χ3n) is 2.27. The van der Waals surface area contributed by atoms with Crippen molar-refractivity contribution in [3.8, 4) is 5.75 Å². The molecule has 92 valence electrons. The van der Waals surface area contributed by atoms with Gasteiger partial charge in [-0.05, 0) is 24.3 Å². The maximum Gasteiger partial charge on any atom is 0.328 e. The number of ketones is 1. The molecule has 0 aliphatic carbocycles. The molecule has 0 saturated carbocycles. The lowest BCUT2D eigenvalue weighted by atomic mass is 10.1. The molecular formula is C12H9NO5. The van der Waals surface area contributed by atoms with E-state index in [0.29, 0.717) is 11.4 Å². The number of hydrogen-bond donors (Lipinski definition) is 2. The Morgan fingerprint density at radius 1 is 1.33 bits per heavy atom. The third-order valence-corrected chi connectivity index (χ3v) is 2.27. The molecule has 18 heavy (non-hydrogen) atoms. The van der Waals surface area contributed by atoms with Gasteiger partial charge in [0, 0.05) is 11.6 Å². The Morgan fingerprint density at radius 2 is 2.11 bits per heavy atom. The molecular weight excluding hydrogens is 238 g/mol. The maximum absolute atomic E-state index is 11.6. The Balaban J connectivity index is 2.25. The molecule has 1 aliphatic heterocycles. The number of carboxylic acid groups (broad SMARTS) is 1. The minimum atomic E-state index is -1.20. The van der Waals surface area contributed by atoms with Gasteiger partial charge in [-0.3, -0.25) is 9.59 Å². The van der Waals surface area contributed by atoms with E-state index >= 15 is 0 Å². The van der Waals surface area contributed by atoms with Crippen LogP contribution in [-0.4, -0.2) is 29.4 Å². The molecule has 0 radical (unpaired) electrons. The van der Waals surface area contributed by atoms with Crippen LogP contribution >= 0.6 is 0 Å². The number of ether oxygens (including phenoxy) is 1. The lowest BCUT2D eigenvalue weighted by Gasteiger charge is -2.17. The highest BCUT2D eigenvalue weighted by molar-refractivity contribution is 6.08. The van der Waals surface area contributed by atoms with Crippen LogP contribution in [0.2, 0.25) is 0 Å². The first-order valence-electron chi connectivity index (χ1n) is 5.08. The largest absolute Gasteiger partial charge is 0.482 e. The van der Waals surface area contributed by atoms with Gasteiger partial charge >= 0.3 is 5.97 Å². The van der Waals surface area contributed by atoms with Crippen molar-refractivity contribution in [3.63, 3.8) is 0 Å². The Hall–Kier alpha value is -2.63. The number of hydrogen-bond acceptors (Lipinski definition) is 4. The van der Waals surface area contributed by atoms with Crippen LogP contribution in [-0.2, 0) is 9.59 Å². The van der Waals surface area contributed by atoms with E-state index in [1.807, 2.05) is 0 Å². The van der Waals surface area contributed by atoms with E-state index in [4.69, 9.17) is 9.84 Å². The zero-order valence-electron chi connectivity index (χ0n) is 9.17. The van der Waals surface area contributed by atoms with Gasteiger partial charge in [0.15, 0.2) is 12.4 Å². The standard InChI is InChI=1S/C12H9NO5/c14-9(2-4-12(16)17)7-1-3-10-8(5-7)13-11(15)6-18-10/h1-5H,6H2,(H,13,15)(H,16,17)/b4-2+. The number of carbonyl (C=O) groups is 3. The SMILES string of the molecule is O=C(O)/C=C/C(=O)c1ccc2c(c1)NC(=O)CO2. The predicted octanol–water partition coefficient (Wildman–Crippen LogP) is 0.841. The lowest BCUT2D eigenvalue weighted by molar-refractivity contribution is -0.131. The number of amides is 1. The van der Waals surface area contributed by atoms with Gasteiger partial charge in [-0.15, -0.1) is 0 Å². The van der Waals surface area contributed by atoms with E-state index in [1.54, 1.807) is 6.07 Å². The third kappa shape index (κ3) is 2.54. The average molecular weight is 247 g/mol. The van der Waals surface area contributed by atoms with Crippen molar-refractivity contribution < 1.29 is 24.2 Å². The van der Waals surface area contributed by atoms with Crippen molar-refractivity contribution >= 4 is 23.3 Å². The maximum atomic E-state index is 11.6. The number of fused-ring (bicyclic) bond motifs is 1. The summed E-state index contributed by atoms with van der Waals surface area (Å²) in [5.74, 6) is -1.47. The number of anilines is 1. The Morgan fingerprint density at radius 3 is 2.83 bits per heavy atom. The van der Waals surface area contributed by atoms with Crippen molar-refractivity contribution in [2.24, 2.45) is 0 Å². The molecule has 0 saturated heterocycles. The van der Waals surface area contributed by atoms with Gasteiger partial charge in [0.25, 0.3) is 5.91 Å². The summed E-state index contributed by atoms with van der Waals surface area (Å²) < 4.78 is 5.13. The molecule has 1 amide bonds. The zero-order chi connectivity index (χ0) is 13.1. The minimum absolute atomic E-state index is 0.0563. The van der Waals surface area contributed by atoms with E-state index in [0.717, 1.165) is 12.2 Å². The van der Waals surface area contributed by atoms with E-state index in [2.05, 4.69) is 5.32 Å². The summed E-state index contributed by atoms with van der Waals surface area (Å²) >= 11 is 0. The molecule has 1 heterocycles. The van der Waals surface area contributed by atoms with Crippen molar-refractivity contribution in [1.82, 2.24) is 0 Å². The van der Waals surface area contributed by atoms with Gasteiger partial charge in [0.05, 0.1) is 5.69 Å². The summed E-state index contributed by atoms with van der Waals surface area (Å²) in [5, 5.41) is 11.0. The topological polar surface area (TPSA) is 92.7 Å². The van der Waals surface area contributed by atoms with Gasteiger partial charge in [0.2, 0.25) is 0 Å². The summed E-state index contributed by atoms with van der Waals surface area (Å²) in [6.07, 6.45) is 1.71. The zero-order valence-corrected chi connectivity index (χ0v) is 9.17. The fourth-order valence-electron chi connectivity index (χ4n) is 1.48. The summed E-state index contributed by atoms with van der Waals surface area (Å²) in [6.45, 7) is -0.0563. The summed E-state index contributed by atoms with van der Waals surface area (Å²) in [6, 6.07) is 4.50. The molecule has 0 aromatic heterocycles. The number of carbonyl (C=O) groups excluding carboxylic acids is 2. The molecule has 0 bridgehead atoms. The second kappa shape index (κ2) is 4.70. The monoisotopic (exact) mass is 247 g/mol. The smallest absolute Gasteiger partial charge is 0.328 e. The number of nitrogens with one attached hydrogen (secondary N) is 1. The first kappa shape index (κ1) is 11.8. The second-order valence-corrected chi connectivity index (χ2v) is 3.58. The highest BCUT2D eigenvalue weighted by Gasteiger charge is 2.17. The minimum Gasteiger partial charge on any atom is -0.482 e. The molecule has 2 rings (SSSR count).